The molecule has 0 bridgehead atoms. The van der Waals surface area contributed by atoms with Crippen LogP contribution in [0.3, 0.4) is 0 Å². The maximum Gasteiger partial charge on any atom is 0.144 e. The number of rotatable bonds is 3. The minimum absolute atomic E-state index is 0.341. The highest BCUT2D eigenvalue weighted by Gasteiger charge is 2.25. The predicted octanol–water partition coefficient (Wildman–Crippen LogP) is 4.73. The van der Waals surface area contributed by atoms with Crippen molar-refractivity contribution in [3.8, 4) is 11.1 Å². The Morgan fingerprint density at radius 1 is 1.08 bits per heavy atom. The number of hydrogen-bond donors (Lipinski definition) is 0. The van der Waals surface area contributed by atoms with Crippen molar-refractivity contribution in [2.45, 2.75) is 25.5 Å². The van der Waals surface area contributed by atoms with Gasteiger partial charge in [0.2, 0.25) is 0 Å². The minimum Gasteiger partial charge on any atom is -0.591 e. The summed E-state index contributed by atoms with van der Waals surface area (Å²) < 4.78 is 18.1. The Kier molecular flexibility index (Phi) is 4.52. The van der Waals surface area contributed by atoms with E-state index in [0.717, 1.165) is 11.1 Å². The van der Waals surface area contributed by atoms with Gasteiger partial charge in [0.15, 0.2) is 0 Å². The smallest absolute Gasteiger partial charge is 0.144 e. The molecule has 24 heavy (non-hydrogen) atoms. The third-order valence-electron chi connectivity index (χ3n) is 3.92. The molecular formula is C20H22N2OS. The number of hydrogen-bond acceptors (Lipinski definition) is 2. The molecule has 0 saturated carbocycles. The van der Waals surface area contributed by atoms with Crippen LogP contribution < -0.4 is 0 Å². The fraction of sp³-hybridized carbons (Fsp3) is 0.250. The zero-order valence-electron chi connectivity index (χ0n) is 14.5. The van der Waals surface area contributed by atoms with Gasteiger partial charge in [0.05, 0.1) is 6.21 Å². The zero-order valence-corrected chi connectivity index (χ0v) is 15.3. The molecule has 0 radical (unpaired) electrons. The Morgan fingerprint density at radius 2 is 1.79 bits per heavy atom. The van der Waals surface area contributed by atoms with Crippen LogP contribution in [-0.2, 0) is 18.4 Å². The number of aromatic nitrogens is 1. The zero-order chi connectivity index (χ0) is 17.3. The van der Waals surface area contributed by atoms with Crippen LogP contribution in [0.5, 0.6) is 0 Å². The topological polar surface area (TPSA) is 40.3 Å². The molecule has 1 heterocycles. The van der Waals surface area contributed by atoms with Gasteiger partial charge in [-0.15, -0.1) is 0 Å². The Morgan fingerprint density at radius 3 is 2.46 bits per heavy atom. The lowest BCUT2D eigenvalue weighted by molar-refractivity contribution is 0.562. The number of fused-ring (bicyclic) bond motifs is 1. The molecule has 1 atom stereocenters. The molecule has 0 aliphatic rings. The highest BCUT2D eigenvalue weighted by molar-refractivity contribution is 7.91. The van der Waals surface area contributed by atoms with Crippen molar-refractivity contribution >= 4 is 28.5 Å². The highest BCUT2D eigenvalue weighted by Crippen LogP contribution is 2.30. The van der Waals surface area contributed by atoms with Gasteiger partial charge in [-0.1, -0.05) is 46.9 Å². The van der Waals surface area contributed by atoms with Gasteiger partial charge in [-0.25, -0.2) is 0 Å². The number of benzene rings is 2. The molecule has 0 amide bonds. The van der Waals surface area contributed by atoms with Gasteiger partial charge in [-0.05, 0) is 38.0 Å². The average molecular weight is 338 g/mol. The van der Waals surface area contributed by atoms with Crippen molar-refractivity contribution in [3.05, 3.63) is 60.3 Å². The molecular weight excluding hydrogens is 316 g/mol. The van der Waals surface area contributed by atoms with Gasteiger partial charge in [0.1, 0.15) is 16.1 Å². The Balaban J connectivity index is 1.99. The van der Waals surface area contributed by atoms with E-state index in [4.69, 9.17) is 0 Å². The van der Waals surface area contributed by atoms with E-state index in [2.05, 4.69) is 51.6 Å². The summed E-state index contributed by atoms with van der Waals surface area (Å²) in [6.45, 7) is 5.77. The normalized spacial score (nSPS) is 13.7. The van der Waals surface area contributed by atoms with Crippen LogP contribution in [0.2, 0.25) is 0 Å². The molecule has 2 aromatic carbocycles. The van der Waals surface area contributed by atoms with Gasteiger partial charge < -0.3 is 9.12 Å². The molecule has 0 N–H and O–H groups in total. The monoisotopic (exact) mass is 338 g/mol. The van der Waals surface area contributed by atoms with Crippen molar-refractivity contribution in [1.82, 2.24) is 4.57 Å². The summed E-state index contributed by atoms with van der Waals surface area (Å²) in [4.78, 5) is 0. The van der Waals surface area contributed by atoms with Gasteiger partial charge in [-0.2, -0.15) is 0 Å². The second kappa shape index (κ2) is 6.46. The van der Waals surface area contributed by atoms with Crippen LogP contribution in [0.15, 0.2) is 59.1 Å². The molecule has 3 rings (SSSR count). The molecule has 1 aromatic heterocycles. The number of nitrogens with zero attached hydrogens (tertiary/aromatic N) is 2. The molecule has 0 saturated heterocycles. The Hall–Kier alpha value is -2.04. The summed E-state index contributed by atoms with van der Waals surface area (Å²) in [6.07, 6.45) is 3.85. The second-order valence-corrected chi connectivity index (χ2v) is 8.83. The molecule has 3 nitrogen and oxygen atoms in total. The maximum atomic E-state index is 12.1. The molecule has 0 spiro atoms. The van der Waals surface area contributed by atoms with E-state index >= 15 is 0 Å². The van der Waals surface area contributed by atoms with E-state index in [1.165, 1.54) is 16.5 Å². The van der Waals surface area contributed by atoms with Crippen LogP contribution in [-0.4, -0.2) is 20.1 Å². The summed E-state index contributed by atoms with van der Waals surface area (Å²) in [5.41, 5.74) is 4.52. The fourth-order valence-electron chi connectivity index (χ4n) is 2.60. The van der Waals surface area contributed by atoms with Crippen LogP contribution in [0.1, 0.15) is 26.3 Å². The van der Waals surface area contributed by atoms with Gasteiger partial charge in [0.25, 0.3) is 0 Å². The van der Waals surface area contributed by atoms with Crippen LogP contribution in [0.4, 0.5) is 0 Å². The van der Waals surface area contributed by atoms with Gasteiger partial charge in [0, 0.05) is 29.7 Å². The van der Waals surface area contributed by atoms with E-state index in [1.807, 2.05) is 40.0 Å². The molecule has 0 fully saturated rings. The van der Waals surface area contributed by atoms with Crippen LogP contribution in [0, 0.1) is 0 Å². The molecule has 3 aromatic rings. The first-order chi connectivity index (χ1) is 11.4. The first-order valence-corrected chi connectivity index (χ1v) is 9.07. The lowest BCUT2D eigenvalue weighted by atomic mass is 10.0. The lowest BCUT2D eigenvalue weighted by Crippen LogP contribution is -2.25. The minimum atomic E-state index is -1.24. The summed E-state index contributed by atoms with van der Waals surface area (Å²) in [7, 11) is 2.04. The quantitative estimate of drug-likeness (QED) is 0.503. The van der Waals surface area contributed by atoms with E-state index in [0.29, 0.717) is 0 Å². The first-order valence-electron chi connectivity index (χ1n) is 7.97. The summed E-state index contributed by atoms with van der Waals surface area (Å²) in [5, 5.41) is 1.21. The lowest BCUT2D eigenvalue weighted by Gasteiger charge is -2.17. The third kappa shape index (κ3) is 3.40. The van der Waals surface area contributed by atoms with E-state index < -0.39 is 11.4 Å². The standard InChI is InChI=1S/C20H22N2OS/c1-20(2,3)24(23)21-13-15-10-11-17-18(14-22(4)19(17)12-15)16-8-6-5-7-9-16/h5-14H,1-4H3/b21-13+. The van der Waals surface area contributed by atoms with Crippen molar-refractivity contribution in [1.29, 1.82) is 0 Å². The van der Waals surface area contributed by atoms with E-state index in [9.17, 15) is 4.55 Å². The highest BCUT2D eigenvalue weighted by atomic mass is 32.2. The summed E-state index contributed by atoms with van der Waals surface area (Å²) >= 11 is -1.24. The number of aryl methyl sites for hydroxylation is 1. The maximum absolute atomic E-state index is 12.1. The SMILES string of the molecule is Cn1cc(-c2ccccc2)c2ccc(/C=N/[S+]([O-])C(C)(C)C)cc21. The fourth-order valence-corrected chi connectivity index (χ4v) is 3.13. The van der Waals surface area contributed by atoms with Crippen molar-refractivity contribution in [2.75, 3.05) is 0 Å². The third-order valence-corrected chi connectivity index (χ3v) is 5.27. The van der Waals surface area contributed by atoms with E-state index in [1.54, 1.807) is 6.21 Å². The summed E-state index contributed by atoms with van der Waals surface area (Å²) in [5.74, 6) is 0. The largest absolute Gasteiger partial charge is 0.591 e. The van der Waals surface area contributed by atoms with Gasteiger partial charge in [-0.3, -0.25) is 0 Å². The molecule has 0 aliphatic heterocycles. The Labute approximate surface area is 146 Å². The Bertz CT molecular complexity index is 876. The molecule has 0 aliphatic carbocycles. The second-order valence-electron chi connectivity index (χ2n) is 6.89. The van der Waals surface area contributed by atoms with Crippen LogP contribution in [0.25, 0.3) is 22.0 Å². The predicted molar refractivity (Wildman–Crippen MR) is 104 cm³/mol. The van der Waals surface area contributed by atoms with Crippen molar-refractivity contribution in [2.24, 2.45) is 11.4 Å². The van der Waals surface area contributed by atoms with Gasteiger partial charge >= 0.3 is 0 Å². The molecule has 4 heteroatoms. The molecule has 1 unspecified atom stereocenters. The van der Waals surface area contributed by atoms with E-state index in [-0.39, 0.29) is 4.75 Å². The molecule has 124 valence electrons. The average Bonchev–Trinajstić information content (AvgIpc) is 2.89. The first kappa shape index (κ1) is 16.8. The van der Waals surface area contributed by atoms with Crippen molar-refractivity contribution in [3.63, 3.8) is 0 Å². The van der Waals surface area contributed by atoms with Crippen molar-refractivity contribution < 1.29 is 4.55 Å². The summed E-state index contributed by atoms with van der Waals surface area (Å²) in [6, 6.07) is 16.6. The van der Waals surface area contributed by atoms with Crippen LogP contribution >= 0.6 is 0 Å².